The molecule has 3 unspecified atom stereocenters. The number of morpholine rings is 1. The van der Waals surface area contributed by atoms with E-state index in [1.54, 1.807) is 0 Å². The average Bonchev–Trinajstić information content (AvgIpc) is 2.64. The maximum absolute atomic E-state index is 12.1. The van der Waals surface area contributed by atoms with Gasteiger partial charge in [-0.15, -0.1) is 0 Å². The molecule has 4 nitrogen and oxygen atoms in total. The van der Waals surface area contributed by atoms with Crippen molar-refractivity contribution in [2.75, 3.05) is 19.7 Å². The predicted octanol–water partition coefficient (Wildman–Crippen LogP) is 0.361. The van der Waals surface area contributed by atoms with Crippen LogP contribution in [-0.2, 0) is 9.53 Å². The highest BCUT2D eigenvalue weighted by Crippen LogP contribution is 2.26. The van der Waals surface area contributed by atoms with Crippen LogP contribution in [0.25, 0.3) is 0 Å². The monoisotopic (exact) mass is 212 g/mol. The summed E-state index contributed by atoms with van der Waals surface area (Å²) in [7, 11) is 0. The summed E-state index contributed by atoms with van der Waals surface area (Å²) in [5.74, 6) is 0.461. The molecule has 1 amide bonds. The highest BCUT2D eigenvalue weighted by molar-refractivity contribution is 5.79. The molecule has 4 heteroatoms. The molecule has 3 atom stereocenters. The molecule has 1 saturated heterocycles. The molecule has 0 radical (unpaired) electrons. The molecule has 0 aromatic carbocycles. The highest BCUT2D eigenvalue weighted by Gasteiger charge is 2.32. The van der Waals surface area contributed by atoms with Gasteiger partial charge in [0.2, 0.25) is 5.91 Å². The van der Waals surface area contributed by atoms with Gasteiger partial charge in [0.1, 0.15) is 0 Å². The summed E-state index contributed by atoms with van der Waals surface area (Å²) >= 11 is 0. The van der Waals surface area contributed by atoms with Crippen LogP contribution in [0.2, 0.25) is 0 Å². The second-order valence-electron chi connectivity index (χ2n) is 4.74. The van der Waals surface area contributed by atoms with E-state index in [4.69, 9.17) is 10.5 Å². The molecule has 1 aliphatic carbocycles. The van der Waals surface area contributed by atoms with E-state index in [1.165, 1.54) is 0 Å². The van der Waals surface area contributed by atoms with Gasteiger partial charge < -0.3 is 15.4 Å². The van der Waals surface area contributed by atoms with Crippen molar-refractivity contribution in [3.63, 3.8) is 0 Å². The van der Waals surface area contributed by atoms with Crippen molar-refractivity contribution in [3.05, 3.63) is 0 Å². The summed E-state index contributed by atoms with van der Waals surface area (Å²) in [6.07, 6.45) is 3.00. The number of carbonyl (C=O) groups is 1. The second kappa shape index (κ2) is 4.49. The topological polar surface area (TPSA) is 55.6 Å². The van der Waals surface area contributed by atoms with Crippen LogP contribution in [0, 0.1) is 5.92 Å². The molecule has 2 rings (SSSR count). The van der Waals surface area contributed by atoms with E-state index in [-0.39, 0.29) is 24.0 Å². The zero-order valence-corrected chi connectivity index (χ0v) is 9.32. The molecule has 0 spiro atoms. The number of hydrogen-bond acceptors (Lipinski definition) is 3. The fraction of sp³-hybridized carbons (Fsp3) is 0.909. The smallest absolute Gasteiger partial charge is 0.225 e. The normalized spacial score (nSPS) is 36.9. The van der Waals surface area contributed by atoms with Gasteiger partial charge in [-0.3, -0.25) is 4.79 Å². The SMILES string of the molecule is CC1CN(C(=O)C2CCC(N)C2)CCO1. The number of nitrogens with zero attached hydrogens (tertiary/aromatic N) is 1. The first-order valence-corrected chi connectivity index (χ1v) is 5.83. The van der Waals surface area contributed by atoms with Gasteiger partial charge in [0, 0.05) is 25.0 Å². The lowest BCUT2D eigenvalue weighted by Crippen LogP contribution is -2.46. The van der Waals surface area contributed by atoms with E-state index >= 15 is 0 Å². The minimum Gasteiger partial charge on any atom is -0.375 e. The fourth-order valence-electron chi connectivity index (χ4n) is 2.52. The van der Waals surface area contributed by atoms with Gasteiger partial charge in [0.05, 0.1) is 12.7 Å². The van der Waals surface area contributed by atoms with Gasteiger partial charge in [0.15, 0.2) is 0 Å². The Morgan fingerprint density at radius 1 is 1.47 bits per heavy atom. The molecule has 86 valence electrons. The van der Waals surface area contributed by atoms with Gasteiger partial charge in [-0.2, -0.15) is 0 Å². The van der Waals surface area contributed by atoms with Crippen LogP contribution in [0.3, 0.4) is 0 Å². The first-order valence-electron chi connectivity index (χ1n) is 5.83. The van der Waals surface area contributed by atoms with Gasteiger partial charge in [0.25, 0.3) is 0 Å². The van der Waals surface area contributed by atoms with Crippen LogP contribution in [0.5, 0.6) is 0 Å². The van der Waals surface area contributed by atoms with E-state index in [2.05, 4.69) is 0 Å². The first kappa shape index (κ1) is 10.9. The standard InChI is InChI=1S/C11H20N2O2/c1-8-7-13(4-5-15-8)11(14)9-2-3-10(12)6-9/h8-10H,2-7,12H2,1H3. The van der Waals surface area contributed by atoms with Crippen LogP contribution in [0.4, 0.5) is 0 Å². The number of carbonyl (C=O) groups excluding carboxylic acids is 1. The van der Waals surface area contributed by atoms with Crippen LogP contribution in [0.1, 0.15) is 26.2 Å². The summed E-state index contributed by atoms with van der Waals surface area (Å²) < 4.78 is 5.42. The molecule has 15 heavy (non-hydrogen) atoms. The molecule has 0 aromatic rings. The van der Waals surface area contributed by atoms with E-state index in [0.717, 1.165) is 32.4 Å². The van der Waals surface area contributed by atoms with Crippen molar-refractivity contribution < 1.29 is 9.53 Å². The number of nitrogens with two attached hydrogens (primary N) is 1. The van der Waals surface area contributed by atoms with E-state index in [0.29, 0.717) is 6.61 Å². The Morgan fingerprint density at radius 3 is 2.87 bits per heavy atom. The molecule has 2 fully saturated rings. The van der Waals surface area contributed by atoms with Crippen LogP contribution >= 0.6 is 0 Å². The molecule has 1 heterocycles. The minimum atomic E-state index is 0.172. The van der Waals surface area contributed by atoms with Crippen molar-refractivity contribution in [2.45, 2.75) is 38.3 Å². The van der Waals surface area contributed by atoms with E-state index in [1.807, 2.05) is 11.8 Å². The van der Waals surface area contributed by atoms with Crippen molar-refractivity contribution in [1.82, 2.24) is 4.90 Å². The molecular weight excluding hydrogens is 192 g/mol. The quantitative estimate of drug-likeness (QED) is 0.683. The second-order valence-corrected chi connectivity index (χ2v) is 4.74. The van der Waals surface area contributed by atoms with Crippen molar-refractivity contribution in [1.29, 1.82) is 0 Å². The minimum absolute atomic E-state index is 0.172. The third-order valence-corrected chi connectivity index (χ3v) is 3.38. The Balaban J connectivity index is 1.89. The van der Waals surface area contributed by atoms with Gasteiger partial charge in [-0.05, 0) is 26.2 Å². The third kappa shape index (κ3) is 2.49. The van der Waals surface area contributed by atoms with Gasteiger partial charge in [-0.25, -0.2) is 0 Å². The predicted molar refractivity (Wildman–Crippen MR) is 57.3 cm³/mol. The Morgan fingerprint density at radius 2 is 2.27 bits per heavy atom. The molecule has 1 aliphatic heterocycles. The number of amides is 1. The number of hydrogen-bond donors (Lipinski definition) is 1. The number of rotatable bonds is 1. The van der Waals surface area contributed by atoms with Gasteiger partial charge in [-0.1, -0.05) is 0 Å². The van der Waals surface area contributed by atoms with Crippen molar-refractivity contribution >= 4 is 5.91 Å². The van der Waals surface area contributed by atoms with Crippen molar-refractivity contribution in [2.24, 2.45) is 11.7 Å². The lowest BCUT2D eigenvalue weighted by Gasteiger charge is -2.32. The first-order chi connectivity index (χ1) is 7.16. The van der Waals surface area contributed by atoms with E-state index < -0.39 is 0 Å². The molecular formula is C11H20N2O2. The van der Waals surface area contributed by atoms with Gasteiger partial charge >= 0.3 is 0 Å². The van der Waals surface area contributed by atoms with Crippen molar-refractivity contribution in [3.8, 4) is 0 Å². The van der Waals surface area contributed by atoms with E-state index in [9.17, 15) is 4.79 Å². The Labute approximate surface area is 90.8 Å². The zero-order chi connectivity index (χ0) is 10.8. The molecule has 1 saturated carbocycles. The maximum atomic E-state index is 12.1. The zero-order valence-electron chi connectivity index (χ0n) is 9.32. The fourth-order valence-corrected chi connectivity index (χ4v) is 2.52. The average molecular weight is 212 g/mol. The largest absolute Gasteiger partial charge is 0.375 e. The Kier molecular flexibility index (Phi) is 3.26. The third-order valence-electron chi connectivity index (χ3n) is 3.38. The number of ether oxygens (including phenoxy) is 1. The molecule has 0 aromatic heterocycles. The summed E-state index contributed by atoms with van der Waals surface area (Å²) in [6.45, 7) is 4.17. The Hall–Kier alpha value is -0.610. The summed E-state index contributed by atoms with van der Waals surface area (Å²) in [4.78, 5) is 14.0. The summed E-state index contributed by atoms with van der Waals surface area (Å²) in [5.41, 5.74) is 5.82. The van der Waals surface area contributed by atoms with Crippen LogP contribution < -0.4 is 5.73 Å². The molecule has 2 aliphatic rings. The summed E-state index contributed by atoms with van der Waals surface area (Å²) in [6, 6.07) is 0.234. The van der Waals surface area contributed by atoms with Crippen LogP contribution in [-0.4, -0.2) is 42.6 Å². The Bertz CT molecular complexity index is 245. The highest BCUT2D eigenvalue weighted by atomic mass is 16.5. The molecule has 0 bridgehead atoms. The van der Waals surface area contributed by atoms with Crippen LogP contribution in [0.15, 0.2) is 0 Å². The lowest BCUT2D eigenvalue weighted by molar-refractivity contribution is -0.142. The lowest BCUT2D eigenvalue weighted by atomic mass is 10.1. The molecule has 2 N–H and O–H groups in total. The summed E-state index contributed by atoms with van der Waals surface area (Å²) in [5, 5.41) is 0. The maximum Gasteiger partial charge on any atom is 0.225 e.